The fraction of sp³-hybridized carbons (Fsp3) is 0.182. The Morgan fingerprint density at radius 3 is 2.65 bits per heavy atom. The van der Waals surface area contributed by atoms with Crippen LogP contribution in [0.3, 0.4) is 0 Å². The van der Waals surface area contributed by atoms with E-state index >= 15 is 0 Å². The van der Waals surface area contributed by atoms with Crippen molar-refractivity contribution in [2.24, 2.45) is 0 Å². The molecule has 90 valence electrons. The second kappa shape index (κ2) is 4.78. The van der Waals surface area contributed by atoms with E-state index in [0.29, 0.717) is 16.8 Å². The first-order valence-electron chi connectivity index (χ1n) is 4.91. The van der Waals surface area contributed by atoms with Crippen LogP contribution in [0, 0.1) is 12.7 Å². The van der Waals surface area contributed by atoms with E-state index < -0.39 is 0 Å². The van der Waals surface area contributed by atoms with Gasteiger partial charge in [0.2, 0.25) is 0 Å². The zero-order chi connectivity index (χ0) is 12.6. The summed E-state index contributed by atoms with van der Waals surface area (Å²) in [6, 6.07) is 4.97. The zero-order valence-electron chi connectivity index (χ0n) is 9.04. The zero-order valence-corrected chi connectivity index (χ0v) is 12.2. The number of hydrogen-bond donors (Lipinski definition) is 1. The summed E-state index contributed by atoms with van der Waals surface area (Å²) >= 11 is 6.46. The monoisotopic (exact) mass is 361 g/mol. The molecule has 2 N–H and O–H groups in total. The van der Waals surface area contributed by atoms with Gasteiger partial charge in [0.15, 0.2) is 0 Å². The molecule has 0 aliphatic rings. The van der Waals surface area contributed by atoms with Gasteiger partial charge in [-0.3, -0.25) is 0 Å². The quantitative estimate of drug-likeness (QED) is 0.888. The van der Waals surface area contributed by atoms with E-state index in [9.17, 15) is 4.39 Å². The van der Waals surface area contributed by atoms with Gasteiger partial charge in [-0.2, -0.15) is 5.10 Å². The SMILES string of the molecule is Cc1nn(Cc2ccc(Br)c(F)c2)c(N)c1Br. The number of anilines is 1. The summed E-state index contributed by atoms with van der Waals surface area (Å²) in [5.74, 6) is 0.259. The number of aryl methyl sites for hydroxylation is 1. The van der Waals surface area contributed by atoms with E-state index in [4.69, 9.17) is 5.73 Å². The van der Waals surface area contributed by atoms with Crippen molar-refractivity contribution in [2.45, 2.75) is 13.5 Å². The van der Waals surface area contributed by atoms with Crippen LogP contribution in [0.2, 0.25) is 0 Å². The summed E-state index contributed by atoms with van der Waals surface area (Å²) in [6.45, 7) is 2.31. The molecule has 0 saturated carbocycles. The Morgan fingerprint density at radius 2 is 2.12 bits per heavy atom. The number of nitrogens with two attached hydrogens (primary N) is 1. The van der Waals surface area contributed by atoms with Crippen molar-refractivity contribution in [3.63, 3.8) is 0 Å². The summed E-state index contributed by atoms with van der Waals surface area (Å²) in [6.07, 6.45) is 0. The van der Waals surface area contributed by atoms with Gasteiger partial charge in [-0.15, -0.1) is 0 Å². The third-order valence-electron chi connectivity index (χ3n) is 2.41. The molecule has 3 nitrogen and oxygen atoms in total. The smallest absolute Gasteiger partial charge is 0.137 e. The number of nitrogen functional groups attached to an aromatic ring is 1. The number of nitrogens with zero attached hydrogens (tertiary/aromatic N) is 2. The molecule has 1 aromatic carbocycles. The Morgan fingerprint density at radius 1 is 1.41 bits per heavy atom. The third kappa shape index (κ3) is 2.52. The molecule has 0 atom stereocenters. The highest BCUT2D eigenvalue weighted by Gasteiger charge is 2.10. The molecule has 0 amide bonds. The second-order valence-corrected chi connectivity index (χ2v) is 5.34. The molecule has 0 radical (unpaired) electrons. The molecule has 0 unspecified atom stereocenters. The molecule has 0 saturated heterocycles. The van der Waals surface area contributed by atoms with E-state index in [0.717, 1.165) is 15.7 Å². The maximum Gasteiger partial charge on any atom is 0.137 e. The Balaban J connectivity index is 2.31. The van der Waals surface area contributed by atoms with Gasteiger partial charge in [-0.25, -0.2) is 9.07 Å². The Bertz CT molecular complexity index is 566. The number of halogens is 3. The van der Waals surface area contributed by atoms with Gasteiger partial charge in [0.25, 0.3) is 0 Å². The van der Waals surface area contributed by atoms with Gasteiger partial charge in [0, 0.05) is 0 Å². The molecule has 0 fully saturated rings. The molecule has 1 aromatic heterocycles. The summed E-state index contributed by atoms with van der Waals surface area (Å²) in [5.41, 5.74) is 7.50. The maximum absolute atomic E-state index is 13.3. The molecule has 0 aliphatic heterocycles. The second-order valence-electron chi connectivity index (χ2n) is 3.69. The Hall–Kier alpha value is -0.880. The minimum absolute atomic E-state index is 0.288. The van der Waals surface area contributed by atoms with Gasteiger partial charge in [-0.1, -0.05) is 6.07 Å². The molecule has 0 aliphatic carbocycles. The first-order chi connectivity index (χ1) is 7.99. The van der Waals surface area contributed by atoms with E-state index in [1.54, 1.807) is 10.7 Å². The molecule has 17 heavy (non-hydrogen) atoms. The van der Waals surface area contributed by atoms with Crippen LogP contribution in [0.25, 0.3) is 0 Å². The van der Waals surface area contributed by atoms with Crippen LogP contribution < -0.4 is 5.73 Å². The minimum Gasteiger partial charge on any atom is -0.383 e. The first-order valence-corrected chi connectivity index (χ1v) is 6.50. The Kier molecular flexibility index (Phi) is 3.53. The van der Waals surface area contributed by atoms with Crippen molar-refractivity contribution >= 4 is 37.7 Å². The van der Waals surface area contributed by atoms with Gasteiger partial charge >= 0.3 is 0 Å². The molecular formula is C11H10Br2FN3. The average Bonchev–Trinajstić information content (AvgIpc) is 2.52. The number of aromatic nitrogens is 2. The lowest BCUT2D eigenvalue weighted by Gasteiger charge is -2.05. The molecule has 2 aromatic rings. The van der Waals surface area contributed by atoms with E-state index in [1.165, 1.54) is 6.07 Å². The fourth-order valence-corrected chi connectivity index (χ4v) is 2.04. The highest BCUT2D eigenvalue weighted by Crippen LogP contribution is 2.24. The molecule has 6 heteroatoms. The molecule has 0 spiro atoms. The lowest BCUT2D eigenvalue weighted by molar-refractivity contribution is 0.613. The number of hydrogen-bond acceptors (Lipinski definition) is 2. The summed E-state index contributed by atoms with van der Waals surface area (Å²) in [5, 5.41) is 4.27. The van der Waals surface area contributed by atoms with Crippen molar-refractivity contribution in [1.82, 2.24) is 9.78 Å². The van der Waals surface area contributed by atoms with Crippen LogP contribution in [0.5, 0.6) is 0 Å². The van der Waals surface area contributed by atoms with Crippen LogP contribution in [0.4, 0.5) is 10.2 Å². The first kappa shape index (κ1) is 12.6. The van der Waals surface area contributed by atoms with Crippen LogP contribution in [-0.4, -0.2) is 9.78 Å². The van der Waals surface area contributed by atoms with E-state index in [2.05, 4.69) is 37.0 Å². The van der Waals surface area contributed by atoms with Gasteiger partial charge < -0.3 is 5.73 Å². The van der Waals surface area contributed by atoms with E-state index in [1.807, 2.05) is 13.0 Å². The topological polar surface area (TPSA) is 43.8 Å². The normalized spacial score (nSPS) is 10.8. The highest BCUT2D eigenvalue weighted by molar-refractivity contribution is 9.11. The molecule has 1 heterocycles. The van der Waals surface area contributed by atoms with Crippen molar-refractivity contribution in [2.75, 3.05) is 5.73 Å². The largest absolute Gasteiger partial charge is 0.383 e. The predicted octanol–water partition coefficient (Wildman–Crippen LogP) is 3.49. The lowest BCUT2D eigenvalue weighted by Crippen LogP contribution is -2.06. The van der Waals surface area contributed by atoms with Gasteiger partial charge in [0.05, 0.1) is 21.2 Å². The van der Waals surface area contributed by atoms with Crippen molar-refractivity contribution in [1.29, 1.82) is 0 Å². The van der Waals surface area contributed by atoms with Crippen LogP contribution >= 0.6 is 31.9 Å². The fourth-order valence-electron chi connectivity index (χ4n) is 1.51. The minimum atomic E-state index is -0.288. The molecular weight excluding hydrogens is 353 g/mol. The number of benzene rings is 1. The van der Waals surface area contributed by atoms with Crippen molar-refractivity contribution in [3.8, 4) is 0 Å². The summed E-state index contributed by atoms with van der Waals surface area (Å²) in [4.78, 5) is 0. The lowest BCUT2D eigenvalue weighted by atomic mass is 10.2. The van der Waals surface area contributed by atoms with Crippen LogP contribution in [-0.2, 0) is 6.54 Å². The van der Waals surface area contributed by atoms with Crippen molar-refractivity contribution < 1.29 is 4.39 Å². The Labute approximate surface area is 115 Å². The summed E-state index contributed by atoms with van der Waals surface area (Å²) in [7, 11) is 0. The van der Waals surface area contributed by atoms with Crippen LogP contribution in [0.15, 0.2) is 27.1 Å². The summed E-state index contributed by atoms with van der Waals surface area (Å²) < 4.78 is 16.2. The standard InChI is InChI=1S/C11H10Br2FN3/c1-6-10(13)11(15)17(16-6)5-7-2-3-8(12)9(14)4-7/h2-4H,5,15H2,1H3. The number of rotatable bonds is 2. The van der Waals surface area contributed by atoms with Gasteiger partial charge in [0.1, 0.15) is 11.6 Å². The maximum atomic E-state index is 13.3. The predicted molar refractivity (Wildman–Crippen MR) is 72.3 cm³/mol. The molecule has 0 bridgehead atoms. The molecule has 2 rings (SSSR count). The van der Waals surface area contributed by atoms with Crippen molar-refractivity contribution in [3.05, 3.63) is 44.2 Å². The third-order valence-corrected chi connectivity index (χ3v) is 4.03. The highest BCUT2D eigenvalue weighted by atomic mass is 79.9. The van der Waals surface area contributed by atoms with Crippen LogP contribution in [0.1, 0.15) is 11.3 Å². The van der Waals surface area contributed by atoms with E-state index in [-0.39, 0.29) is 5.82 Å². The average molecular weight is 363 g/mol. The van der Waals surface area contributed by atoms with Gasteiger partial charge in [-0.05, 0) is 56.5 Å².